The van der Waals surface area contributed by atoms with Gasteiger partial charge in [0.05, 0.1) is 21.3 Å². The van der Waals surface area contributed by atoms with Crippen LogP contribution in [0, 0.1) is 0 Å². The predicted octanol–water partition coefficient (Wildman–Crippen LogP) is -1.58. The molecule has 0 aromatic rings. The molecule has 2 bridgehead atoms. The number of methoxy groups -OCH3 is 3. The third kappa shape index (κ3) is 1.67. The number of hydrogen-bond donors (Lipinski definition) is 1. The van der Waals surface area contributed by atoms with E-state index in [-0.39, 0.29) is 5.57 Å². The second-order valence-electron chi connectivity index (χ2n) is 4.50. The maximum atomic E-state index is 12.1. The Kier molecular flexibility index (Phi) is 3.25. The molecule has 2 aliphatic rings. The van der Waals surface area contributed by atoms with Gasteiger partial charge in [0.15, 0.2) is 5.72 Å². The van der Waals surface area contributed by atoms with E-state index in [0.29, 0.717) is 0 Å². The van der Waals surface area contributed by atoms with E-state index in [1.807, 2.05) is 0 Å². The van der Waals surface area contributed by atoms with Crippen molar-refractivity contribution >= 4 is 23.8 Å². The average Bonchev–Trinajstić information content (AvgIpc) is 2.89. The molecular formula is C12H13NO8. The highest BCUT2D eigenvalue weighted by molar-refractivity contribution is 6.23. The Hall–Kier alpha value is -2.42. The van der Waals surface area contributed by atoms with Crippen LogP contribution in [0.5, 0.6) is 0 Å². The number of carbonyl (C=O) groups excluding carboxylic acids is 4. The van der Waals surface area contributed by atoms with E-state index in [2.05, 4.69) is 19.5 Å². The highest BCUT2D eigenvalue weighted by Crippen LogP contribution is 2.48. The molecule has 2 rings (SSSR count). The minimum atomic E-state index is -2.37. The summed E-state index contributed by atoms with van der Waals surface area (Å²) < 4.78 is 19.0. The SMILES string of the molecule is COC(=O)C1=C(C(=O)OC)C2(C(=O)OC)OC1(C)NC2=O. The molecule has 9 heteroatoms. The van der Waals surface area contributed by atoms with Gasteiger partial charge in [-0.3, -0.25) is 4.79 Å². The van der Waals surface area contributed by atoms with Gasteiger partial charge in [0.2, 0.25) is 0 Å². The topological polar surface area (TPSA) is 117 Å². The third-order valence-corrected chi connectivity index (χ3v) is 3.36. The normalized spacial score (nSPS) is 30.0. The van der Waals surface area contributed by atoms with Crippen molar-refractivity contribution in [3.05, 3.63) is 11.1 Å². The lowest BCUT2D eigenvalue weighted by atomic mass is 9.85. The van der Waals surface area contributed by atoms with Crippen LogP contribution in [0.2, 0.25) is 0 Å². The van der Waals surface area contributed by atoms with Crippen LogP contribution in [0.4, 0.5) is 0 Å². The molecule has 114 valence electrons. The van der Waals surface area contributed by atoms with Gasteiger partial charge < -0.3 is 24.3 Å². The van der Waals surface area contributed by atoms with Gasteiger partial charge in [0.1, 0.15) is 11.1 Å². The van der Waals surface area contributed by atoms with Crippen LogP contribution >= 0.6 is 0 Å². The van der Waals surface area contributed by atoms with Gasteiger partial charge in [-0.1, -0.05) is 0 Å². The monoisotopic (exact) mass is 299 g/mol. The summed E-state index contributed by atoms with van der Waals surface area (Å²) >= 11 is 0. The Morgan fingerprint density at radius 3 is 2.00 bits per heavy atom. The Morgan fingerprint density at radius 2 is 1.52 bits per heavy atom. The fourth-order valence-electron chi connectivity index (χ4n) is 2.50. The first-order valence-corrected chi connectivity index (χ1v) is 5.81. The number of ether oxygens (including phenoxy) is 4. The molecule has 21 heavy (non-hydrogen) atoms. The molecule has 0 aromatic carbocycles. The van der Waals surface area contributed by atoms with Gasteiger partial charge in [0.25, 0.3) is 11.5 Å². The van der Waals surface area contributed by atoms with Gasteiger partial charge in [-0.2, -0.15) is 0 Å². The van der Waals surface area contributed by atoms with E-state index in [1.165, 1.54) is 6.92 Å². The summed E-state index contributed by atoms with van der Waals surface area (Å²) in [4.78, 5) is 48.1. The Morgan fingerprint density at radius 1 is 1.00 bits per heavy atom. The van der Waals surface area contributed by atoms with Crippen LogP contribution in [-0.2, 0) is 38.1 Å². The maximum absolute atomic E-state index is 12.1. The number of rotatable bonds is 3. The fraction of sp³-hybridized carbons (Fsp3) is 0.500. The van der Waals surface area contributed by atoms with Crippen molar-refractivity contribution in [2.24, 2.45) is 0 Å². The molecule has 1 fully saturated rings. The molecule has 9 nitrogen and oxygen atoms in total. The molecule has 0 radical (unpaired) electrons. The Balaban J connectivity index is 2.78. The Bertz CT molecular complexity index is 584. The second-order valence-corrected chi connectivity index (χ2v) is 4.50. The Labute approximate surface area is 119 Å². The molecule has 2 atom stereocenters. The first kappa shape index (κ1) is 15.0. The number of esters is 3. The number of nitrogens with one attached hydrogen (secondary N) is 1. The minimum Gasteiger partial charge on any atom is -0.466 e. The lowest BCUT2D eigenvalue weighted by molar-refractivity contribution is -0.169. The van der Waals surface area contributed by atoms with Crippen LogP contribution in [0.25, 0.3) is 0 Å². The largest absolute Gasteiger partial charge is 0.466 e. The number of hydrogen-bond acceptors (Lipinski definition) is 8. The van der Waals surface area contributed by atoms with Crippen molar-refractivity contribution in [2.75, 3.05) is 21.3 Å². The molecule has 1 N–H and O–H groups in total. The van der Waals surface area contributed by atoms with Gasteiger partial charge in [0, 0.05) is 0 Å². The standard InChI is InChI=1S/C12H13NO8/c1-11-5(7(14)18-2)6(8(15)19-3)12(21-11,9(16)13-11)10(17)20-4/h1-4H3,(H,13,16). The summed E-state index contributed by atoms with van der Waals surface area (Å²) in [5.41, 5.74) is -4.89. The van der Waals surface area contributed by atoms with E-state index in [4.69, 9.17) is 4.74 Å². The third-order valence-electron chi connectivity index (χ3n) is 3.36. The lowest BCUT2D eigenvalue weighted by Gasteiger charge is -2.24. The fourth-order valence-corrected chi connectivity index (χ4v) is 2.50. The number of fused-ring (bicyclic) bond motifs is 2. The van der Waals surface area contributed by atoms with Crippen molar-refractivity contribution in [3.63, 3.8) is 0 Å². The van der Waals surface area contributed by atoms with Crippen LogP contribution in [0.15, 0.2) is 11.1 Å². The average molecular weight is 299 g/mol. The van der Waals surface area contributed by atoms with Gasteiger partial charge in [-0.05, 0) is 6.92 Å². The van der Waals surface area contributed by atoms with E-state index in [1.54, 1.807) is 0 Å². The summed E-state index contributed by atoms with van der Waals surface area (Å²) in [5, 5.41) is 2.33. The lowest BCUT2D eigenvalue weighted by Crippen LogP contribution is -2.54. The summed E-state index contributed by atoms with van der Waals surface area (Å²) in [7, 11) is 3.15. The van der Waals surface area contributed by atoms with Crippen molar-refractivity contribution < 1.29 is 38.1 Å². The first-order chi connectivity index (χ1) is 9.78. The number of carbonyl (C=O) groups is 4. The van der Waals surface area contributed by atoms with Crippen molar-refractivity contribution in [2.45, 2.75) is 18.2 Å². The zero-order valence-corrected chi connectivity index (χ0v) is 11.8. The van der Waals surface area contributed by atoms with Crippen molar-refractivity contribution in [1.29, 1.82) is 0 Å². The zero-order valence-electron chi connectivity index (χ0n) is 11.8. The van der Waals surface area contributed by atoms with Gasteiger partial charge in [-0.15, -0.1) is 0 Å². The molecule has 1 saturated heterocycles. The molecule has 0 aromatic heterocycles. The van der Waals surface area contributed by atoms with Crippen LogP contribution < -0.4 is 5.32 Å². The summed E-state index contributed by atoms with van der Waals surface area (Å²) in [6.07, 6.45) is 0. The molecule has 2 aliphatic heterocycles. The van der Waals surface area contributed by atoms with Crippen molar-refractivity contribution in [1.82, 2.24) is 5.32 Å². The molecule has 1 amide bonds. The number of amides is 1. The van der Waals surface area contributed by atoms with Crippen LogP contribution in [0.3, 0.4) is 0 Å². The quantitative estimate of drug-likeness (QED) is 0.377. The molecule has 2 heterocycles. The van der Waals surface area contributed by atoms with Gasteiger partial charge >= 0.3 is 17.9 Å². The molecular weight excluding hydrogens is 286 g/mol. The second kappa shape index (κ2) is 4.55. The molecule has 2 unspecified atom stereocenters. The van der Waals surface area contributed by atoms with E-state index in [9.17, 15) is 19.2 Å². The molecule has 0 aliphatic carbocycles. The smallest absolute Gasteiger partial charge is 0.353 e. The molecule has 0 spiro atoms. The summed E-state index contributed by atoms with van der Waals surface area (Å²) in [5.74, 6) is -4.03. The highest BCUT2D eigenvalue weighted by Gasteiger charge is 2.73. The van der Waals surface area contributed by atoms with E-state index >= 15 is 0 Å². The zero-order chi connectivity index (χ0) is 16.0. The van der Waals surface area contributed by atoms with Crippen LogP contribution in [-0.4, -0.2) is 56.5 Å². The highest BCUT2D eigenvalue weighted by atomic mass is 16.6. The summed E-state index contributed by atoms with van der Waals surface area (Å²) in [6.45, 7) is 1.32. The minimum absolute atomic E-state index is 0.304. The van der Waals surface area contributed by atoms with Gasteiger partial charge in [-0.25, -0.2) is 14.4 Å². The van der Waals surface area contributed by atoms with Crippen molar-refractivity contribution in [3.8, 4) is 0 Å². The molecule has 0 saturated carbocycles. The van der Waals surface area contributed by atoms with E-state index in [0.717, 1.165) is 21.3 Å². The maximum Gasteiger partial charge on any atom is 0.353 e. The van der Waals surface area contributed by atoms with Crippen LogP contribution in [0.1, 0.15) is 6.92 Å². The first-order valence-electron chi connectivity index (χ1n) is 5.81. The summed E-state index contributed by atoms with van der Waals surface area (Å²) in [6, 6.07) is 0. The predicted molar refractivity (Wildman–Crippen MR) is 63.4 cm³/mol. The van der Waals surface area contributed by atoms with E-state index < -0.39 is 40.7 Å².